The Morgan fingerprint density at radius 2 is 1.97 bits per heavy atom. The third kappa shape index (κ3) is 3.92. The fraction of sp³-hybridized carbons (Fsp3) is 0.579. The number of aromatic amines is 1. The third-order valence-electron chi connectivity index (χ3n) is 5.66. The molecule has 0 spiro atoms. The minimum atomic E-state index is -0.885. The number of nitrogens with zero attached hydrogens (tertiary/aromatic N) is 3. The van der Waals surface area contributed by atoms with Gasteiger partial charge in [0.2, 0.25) is 5.91 Å². The van der Waals surface area contributed by atoms with E-state index in [2.05, 4.69) is 15.5 Å². The Labute approximate surface area is 182 Å². The third-order valence-corrected chi connectivity index (χ3v) is 7.94. The molecule has 2 aromatic heterocycles. The van der Waals surface area contributed by atoms with Gasteiger partial charge in [0.05, 0.1) is 41.3 Å². The van der Waals surface area contributed by atoms with Crippen molar-refractivity contribution >= 4 is 41.2 Å². The van der Waals surface area contributed by atoms with Crippen molar-refractivity contribution in [1.29, 1.82) is 0 Å². The second kappa shape index (κ2) is 8.54. The summed E-state index contributed by atoms with van der Waals surface area (Å²) in [5, 5.41) is 19.1. The lowest BCUT2D eigenvalue weighted by molar-refractivity contribution is -0.137. The Hall–Kier alpha value is -2.14. The van der Waals surface area contributed by atoms with Crippen molar-refractivity contribution in [2.24, 2.45) is 0 Å². The van der Waals surface area contributed by atoms with Crippen molar-refractivity contribution in [2.75, 3.05) is 22.6 Å². The number of H-pyrrole nitrogens is 1. The van der Waals surface area contributed by atoms with Gasteiger partial charge in [-0.15, -0.1) is 11.8 Å². The summed E-state index contributed by atoms with van der Waals surface area (Å²) in [5.41, 5.74) is 2.81. The van der Waals surface area contributed by atoms with Gasteiger partial charge in [0, 0.05) is 11.3 Å². The van der Waals surface area contributed by atoms with E-state index in [0.717, 1.165) is 41.3 Å². The van der Waals surface area contributed by atoms with Crippen LogP contribution < -0.4 is 10.9 Å². The van der Waals surface area contributed by atoms with Crippen LogP contribution in [-0.2, 0) is 16.1 Å². The van der Waals surface area contributed by atoms with Gasteiger partial charge in [-0.25, -0.2) is 0 Å². The molecule has 2 aliphatic heterocycles. The van der Waals surface area contributed by atoms with Crippen LogP contribution in [0.4, 0.5) is 5.82 Å². The molecule has 11 heteroatoms. The molecule has 0 radical (unpaired) electrons. The highest BCUT2D eigenvalue weighted by Crippen LogP contribution is 2.43. The molecule has 1 amide bonds. The smallest absolute Gasteiger partial charge is 0.305 e. The minimum absolute atomic E-state index is 0.0266. The van der Waals surface area contributed by atoms with Crippen LogP contribution in [0.5, 0.6) is 0 Å². The molecule has 1 atom stereocenters. The van der Waals surface area contributed by atoms with E-state index >= 15 is 0 Å². The first-order valence-electron chi connectivity index (χ1n) is 9.96. The zero-order valence-electron chi connectivity index (χ0n) is 16.9. The highest BCUT2D eigenvalue weighted by molar-refractivity contribution is 8.00. The number of aryl methyl sites for hydroxylation is 2. The minimum Gasteiger partial charge on any atom is -0.481 e. The van der Waals surface area contributed by atoms with Crippen molar-refractivity contribution in [2.45, 2.75) is 50.9 Å². The largest absolute Gasteiger partial charge is 0.481 e. The number of carboxylic acids is 1. The van der Waals surface area contributed by atoms with Crippen LogP contribution in [0.15, 0.2) is 4.79 Å². The summed E-state index contributed by atoms with van der Waals surface area (Å²) >= 11 is 3.31. The molecular weight excluding hydrogens is 426 g/mol. The van der Waals surface area contributed by atoms with Gasteiger partial charge in [0.25, 0.3) is 5.56 Å². The van der Waals surface area contributed by atoms with Gasteiger partial charge in [-0.1, -0.05) is 0 Å². The summed E-state index contributed by atoms with van der Waals surface area (Å²) in [5.74, 6) is 1.84. The molecule has 0 aliphatic carbocycles. The quantitative estimate of drug-likeness (QED) is 0.638. The van der Waals surface area contributed by atoms with Gasteiger partial charge >= 0.3 is 5.97 Å². The van der Waals surface area contributed by atoms with Crippen LogP contribution in [0, 0.1) is 13.8 Å². The first-order chi connectivity index (χ1) is 14.4. The van der Waals surface area contributed by atoms with Crippen LogP contribution in [0.3, 0.4) is 0 Å². The van der Waals surface area contributed by atoms with Crippen molar-refractivity contribution in [3.63, 3.8) is 0 Å². The topological polar surface area (TPSA) is 122 Å². The molecule has 4 heterocycles. The van der Waals surface area contributed by atoms with E-state index in [0.29, 0.717) is 11.4 Å². The number of nitrogens with one attached hydrogen (secondary N) is 2. The standard InChI is InChI=1S/C19H25N5O4S2/c1-10-15(11(2)23(21-10)6-3-14(26)27)17-16-18(20-13(25)9-30-17)24(22-19(16)28)12-4-7-29-8-5-12/h12,17H,3-9H2,1-2H3,(H,20,25)(H,22,28)(H,26,27)/t17-/m0/s1. The maximum Gasteiger partial charge on any atom is 0.305 e. The number of carbonyl (C=O) groups is 2. The Morgan fingerprint density at radius 3 is 2.67 bits per heavy atom. The van der Waals surface area contributed by atoms with Gasteiger partial charge in [-0.05, 0) is 38.2 Å². The number of carbonyl (C=O) groups excluding carboxylic acids is 1. The van der Waals surface area contributed by atoms with Crippen molar-refractivity contribution in [3.8, 4) is 0 Å². The highest BCUT2D eigenvalue weighted by Gasteiger charge is 2.35. The van der Waals surface area contributed by atoms with E-state index in [-0.39, 0.29) is 41.5 Å². The van der Waals surface area contributed by atoms with Crippen molar-refractivity contribution in [1.82, 2.24) is 19.6 Å². The second-order valence-corrected chi connectivity index (χ2v) is 9.93. The summed E-state index contributed by atoms with van der Waals surface area (Å²) < 4.78 is 3.54. The molecule has 2 aromatic rings. The number of anilines is 1. The molecule has 3 N–H and O–H groups in total. The summed E-state index contributed by atoms with van der Waals surface area (Å²) in [4.78, 5) is 36.5. The number of fused-ring (bicyclic) bond motifs is 1. The molecule has 0 bridgehead atoms. The molecule has 0 unspecified atom stereocenters. The maximum absolute atomic E-state index is 13.1. The molecule has 1 fully saturated rings. The van der Waals surface area contributed by atoms with Crippen LogP contribution in [-0.4, -0.2) is 53.8 Å². The SMILES string of the molecule is Cc1nn(CCC(=O)O)c(C)c1[C@@H]1SCC(=O)Nc2c1c(=O)[nH]n2C1CCSCC1. The molecule has 162 valence electrons. The average molecular weight is 452 g/mol. The van der Waals surface area contributed by atoms with Crippen molar-refractivity contribution in [3.05, 3.63) is 32.9 Å². The van der Waals surface area contributed by atoms with Gasteiger partial charge in [0.1, 0.15) is 5.82 Å². The number of amides is 1. The number of hydrogen-bond acceptors (Lipinski definition) is 6. The number of thioether (sulfide) groups is 2. The van der Waals surface area contributed by atoms with E-state index in [1.165, 1.54) is 11.8 Å². The number of aliphatic carboxylic acids is 1. The number of aromatic nitrogens is 4. The Balaban J connectivity index is 1.78. The molecule has 0 aromatic carbocycles. The average Bonchev–Trinajstić information content (AvgIpc) is 3.11. The predicted octanol–water partition coefficient (Wildman–Crippen LogP) is 2.31. The Kier molecular flexibility index (Phi) is 6.01. The molecular formula is C19H25N5O4S2. The van der Waals surface area contributed by atoms with E-state index in [1.807, 2.05) is 30.3 Å². The lowest BCUT2D eigenvalue weighted by Gasteiger charge is -2.24. The molecule has 30 heavy (non-hydrogen) atoms. The van der Waals surface area contributed by atoms with Gasteiger partial charge in [-0.3, -0.25) is 28.8 Å². The van der Waals surface area contributed by atoms with Crippen molar-refractivity contribution < 1.29 is 14.7 Å². The number of hydrogen-bond donors (Lipinski definition) is 3. The maximum atomic E-state index is 13.1. The molecule has 2 aliphatic rings. The fourth-order valence-corrected chi connectivity index (χ4v) is 6.56. The summed E-state index contributed by atoms with van der Waals surface area (Å²) in [6, 6.07) is 0.159. The second-order valence-electron chi connectivity index (χ2n) is 7.61. The molecule has 9 nitrogen and oxygen atoms in total. The number of carboxylic acid groups (broad SMARTS) is 1. The monoisotopic (exact) mass is 451 g/mol. The van der Waals surface area contributed by atoms with Gasteiger partial charge < -0.3 is 10.4 Å². The lowest BCUT2D eigenvalue weighted by atomic mass is 10.0. The number of rotatable bonds is 5. The summed E-state index contributed by atoms with van der Waals surface area (Å²) in [6.45, 7) is 4.02. The summed E-state index contributed by atoms with van der Waals surface area (Å²) in [6.07, 6.45) is 1.86. The molecule has 4 rings (SSSR count). The zero-order valence-corrected chi connectivity index (χ0v) is 18.6. The van der Waals surface area contributed by atoms with E-state index in [4.69, 9.17) is 5.11 Å². The van der Waals surface area contributed by atoms with Crippen LogP contribution in [0.25, 0.3) is 0 Å². The fourth-order valence-electron chi connectivity index (χ4n) is 4.20. The van der Waals surface area contributed by atoms with Crippen LogP contribution in [0.2, 0.25) is 0 Å². The van der Waals surface area contributed by atoms with E-state index < -0.39 is 5.97 Å². The normalized spacial score (nSPS) is 19.9. The van der Waals surface area contributed by atoms with Crippen LogP contribution >= 0.6 is 23.5 Å². The predicted molar refractivity (Wildman–Crippen MR) is 118 cm³/mol. The van der Waals surface area contributed by atoms with Gasteiger partial charge in [-0.2, -0.15) is 16.9 Å². The Morgan fingerprint density at radius 1 is 1.23 bits per heavy atom. The van der Waals surface area contributed by atoms with Gasteiger partial charge in [0.15, 0.2) is 0 Å². The molecule has 0 saturated carbocycles. The zero-order chi connectivity index (χ0) is 21.4. The Bertz CT molecular complexity index is 1030. The van der Waals surface area contributed by atoms with Crippen LogP contribution in [0.1, 0.15) is 53.1 Å². The van der Waals surface area contributed by atoms with E-state index in [1.54, 1.807) is 4.68 Å². The first-order valence-corrected chi connectivity index (χ1v) is 12.2. The lowest BCUT2D eigenvalue weighted by Crippen LogP contribution is -2.22. The highest BCUT2D eigenvalue weighted by atomic mass is 32.2. The van der Waals surface area contributed by atoms with E-state index in [9.17, 15) is 14.4 Å². The molecule has 1 saturated heterocycles. The summed E-state index contributed by atoms with van der Waals surface area (Å²) in [7, 11) is 0. The first kappa shape index (κ1) is 21.1.